The molecule has 0 amide bonds. The van der Waals surface area contributed by atoms with Crippen molar-refractivity contribution in [1.82, 2.24) is 9.88 Å². The molecule has 0 aliphatic carbocycles. The van der Waals surface area contributed by atoms with Gasteiger partial charge in [-0.25, -0.2) is 0 Å². The SMILES string of the molecule is COc1cccc(N2CCN(CC(=O)c3c(C)[nH]c4cc(C)ccc34)CC2C)c1. The third kappa shape index (κ3) is 3.87. The molecular formula is C24H29N3O2. The maximum absolute atomic E-state index is 13.1. The molecule has 2 heterocycles. The summed E-state index contributed by atoms with van der Waals surface area (Å²) in [7, 11) is 1.69. The van der Waals surface area contributed by atoms with Crippen LogP contribution in [0.5, 0.6) is 5.75 Å². The van der Waals surface area contributed by atoms with Crippen LogP contribution in [-0.4, -0.2) is 55.0 Å². The first-order valence-electron chi connectivity index (χ1n) is 10.2. The average molecular weight is 392 g/mol. The summed E-state index contributed by atoms with van der Waals surface area (Å²) >= 11 is 0. The van der Waals surface area contributed by atoms with Gasteiger partial charge in [0.1, 0.15) is 5.75 Å². The van der Waals surface area contributed by atoms with Gasteiger partial charge in [0, 0.05) is 59.6 Å². The molecule has 1 unspecified atom stereocenters. The molecule has 1 aliphatic heterocycles. The van der Waals surface area contributed by atoms with Gasteiger partial charge in [0.05, 0.1) is 13.7 Å². The fourth-order valence-electron chi connectivity index (χ4n) is 4.44. The first-order chi connectivity index (χ1) is 14.0. The van der Waals surface area contributed by atoms with E-state index in [0.29, 0.717) is 12.6 Å². The number of aryl methyl sites for hydroxylation is 2. The number of benzene rings is 2. The molecule has 0 saturated carbocycles. The number of anilines is 1. The molecule has 1 fully saturated rings. The number of fused-ring (bicyclic) bond motifs is 1. The second-order valence-electron chi connectivity index (χ2n) is 8.08. The number of rotatable bonds is 5. The molecule has 152 valence electrons. The van der Waals surface area contributed by atoms with Crippen molar-refractivity contribution >= 4 is 22.4 Å². The van der Waals surface area contributed by atoms with E-state index in [-0.39, 0.29) is 5.78 Å². The first kappa shape index (κ1) is 19.5. The Hall–Kier alpha value is -2.79. The summed E-state index contributed by atoms with van der Waals surface area (Å²) in [4.78, 5) is 21.2. The van der Waals surface area contributed by atoms with E-state index in [1.165, 1.54) is 11.3 Å². The maximum atomic E-state index is 13.1. The van der Waals surface area contributed by atoms with Gasteiger partial charge in [-0.05, 0) is 44.5 Å². The molecule has 1 atom stereocenters. The van der Waals surface area contributed by atoms with Crippen molar-refractivity contribution in [2.75, 3.05) is 38.2 Å². The van der Waals surface area contributed by atoms with Gasteiger partial charge in [0.2, 0.25) is 0 Å². The van der Waals surface area contributed by atoms with E-state index in [2.05, 4.69) is 59.0 Å². The van der Waals surface area contributed by atoms with Crippen molar-refractivity contribution < 1.29 is 9.53 Å². The van der Waals surface area contributed by atoms with Gasteiger partial charge in [-0.3, -0.25) is 9.69 Å². The van der Waals surface area contributed by atoms with Crippen molar-refractivity contribution in [2.24, 2.45) is 0 Å². The largest absolute Gasteiger partial charge is 0.497 e. The maximum Gasteiger partial charge on any atom is 0.179 e. The van der Waals surface area contributed by atoms with Crippen LogP contribution in [0.25, 0.3) is 10.9 Å². The van der Waals surface area contributed by atoms with Crippen LogP contribution in [0.4, 0.5) is 5.69 Å². The lowest BCUT2D eigenvalue weighted by molar-refractivity contribution is 0.0918. The first-order valence-corrected chi connectivity index (χ1v) is 10.2. The van der Waals surface area contributed by atoms with Gasteiger partial charge >= 0.3 is 0 Å². The second-order valence-corrected chi connectivity index (χ2v) is 8.08. The van der Waals surface area contributed by atoms with E-state index in [0.717, 1.165) is 47.5 Å². The molecule has 1 aliphatic rings. The van der Waals surface area contributed by atoms with Gasteiger partial charge in [0.15, 0.2) is 5.78 Å². The smallest absolute Gasteiger partial charge is 0.179 e. The zero-order valence-corrected chi connectivity index (χ0v) is 17.7. The van der Waals surface area contributed by atoms with Gasteiger partial charge in [-0.15, -0.1) is 0 Å². The van der Waals surface area contributed by atoms with Crippen LogP contribution in [0.2, 0.25) is 0 Å². The van der Waals surface area contributed by atoms with E-state index in [1.54, 1.807) is 7.11 Å². The average Bonchev–Trinajstić information content (AvgIpc) is 3.03. The minimum atomic E-state index is 0.194. The molecule has 2 aromatic carbocycles. The Morgan fingerprint density at radius 2 is 2.00 bits per heavy atom. The van der Waals surface area contributed by atoms with Crippen molar-refractivity contribution in [1.29, 1.82) is 0 Å². The van der Waals surface area contributed by atoms with Crippen LogP contribution in [-0.2, 0) is 0 Å². The highest BCUT2D eigenvalue weighted by atomic mass is 16.5. The van der Waals surface area contributed by atoms with E-state index in [1.807, 2.05) is 19.1 Å². The summed E-state index contributed by atoms with van der Waals surface area (Å²) in [6.07, 6.45) is 0. The number of methoxy groups -OCH3 is 1. The van der Waals surface area contributed by atoms with Crippen molar-refractivity contribution in [3.05, 3.63) is 59.3 Å². The number of carbonyl (C=O) groups excluding carboxylic acids is 1. The lowest BCUT2D eigenvalue weighted by atomic mass is 10.0. The van der Waals surface area contributed by atoms with Crippen LogP contribution in [0.15, 0.2) is 42.5 Å². The highest BCUT2D eigenvalue weighted by Gasteiger charge is 2.27. The lowest BCUT2D eigenvalue weighted by Gasteiger charge is -2.41. The number of carbonyl (C=O) groups is 1. The zero-order chi connectivity index (χ0) is 20.5. The fraction of sp³-hybridized carbons (Fsp3) is 0.375. The molecule has 29 heavy (non-hydrogen) atoms. The van der Waals surface area contributed by atoms with Crippen LogP contribution in [0.1, 0.15) is 28.5 Å². The Balaban J connectivity index is 1.46. The Morgan fingerprint density at radius 3 is 2.76 bits per heavy atom. The van der Waals surface area contributed by atoms with Gasteiger partial charge in [-0.1, -0.05) is 18.2 Å². The van der Waals surface area contributed by atoms with Gasteiger partial charge in [-0.2, -0.15) is 0 Å². The molecule has 0 radical (unpaired) electrons. The van der Waals surface area contributed by atoms with Gasteiger partial charge in [0.25, 0.3) is 0 Å². The number of ether oxygens (including phenoxy) is 1. The van der Waals surface area contributed by atoms with E-state index in [4.69, 9.17) is 4.74 Å². The van der Waals surface area contributed by atoms with Crippen LogP contribution < -0.4 is 9.64 Å². The van der Waals surface area contributed by atoms with Crippen molar-refractivity contribution in [3.8, 4) is 5.75 Å². The summed E-state index contributed by atoms with van der Waals surface area (Å²) in [5, 5.41) is 1.03. The number of aromatic amines is 1. The molecular weight excluding hydrogens is 362 g/mol. The predicted octanol–water partition coefficient (Wildman–Crippen LogP) is 4.19. The molecule has 1 saturated heterocycles. The Morgan fingerprint density at radius 1 is 1.17 bits per heavy atom. The number of aromatic nitrogens is 1. The summed E-state index contributed by atoms with van der Waals surface area (Å²) in [6, 6.07) is 14.8. The third-order valence-corrected chi connectivity index (χ3v) is 5.88. The highest BCUT2D eigenvalue weighted by molar-refractivity contribution is 6.10. The standard InChI is InChI=1S/C24H29N3O2/c1-16-8-9-21-22(12-16)25-18(3)24(21)23(28)15-26-10-11-27(17(2)14-26)19-6-5-7-20(13-19)29-4/h5-9,12-13,17,25H,10-11,14-15H2,1-4H3. The lowest BCUT2D eigenvalue weighted by Crippen LogP contribution is -2.53. The number of Topliss-reactive ketones (excluding diaryl/α,β-unsaturated/α-hetero) is 1. The van der Waals surface area contributed by atoms with E-state index >= 15 is 0 Å². The quantitative estimate of drug-likeness (QED) is 0.663. The molecule has 3 aromatic rings. The normalized spacial score (nSPS) is 17.7. The van der Waals surface area contributed by atoms with Crippen LogP contribution in [0.3, 0.4) is 0 Å². The summed E-state index contributed by atoms with van der Waals surface area (Å²) in [6.45, 7) is 9.37. The number of H-pyrrole nitrogens is 1. The summed E-state index contributed by atoms with van der Waals surface area (Å²) in [5.74, 6) is 1.07. The van der Waals surface area contributed by atoms with E-state index in [9.17, 15) is 4.79 Å². The molecule has 1 N–H and O–H groups in total. The Kier molecular flexibility index (Phi) is 5.33. The molecule has 5 nitrogen and oxygen atoms in total. The number of hydrogen-bond donors (Lipinski definition) is 1. The number of nitrogens with zero attached hydrogens (tertiary/aromatic N) is 2. The summed E-state index contributed by atoms with van der Waals surface area (Å²) in [5.41, 5.74) is 5.20. The molecule has 5 heteroatoms. The number of piperazine rings is 1. The third-order valence-electron chi connectivity index (χ3n) is 5.88. The Bertz CT molecular complexity index is 1040. The van der Waals surface area contributed by atoms with Crippen molar-refractivity contribution in [3.63, 3.8) is 0 Å². The topological polar surface area (TPSA) is 48.6 Å². The number of ketones is 1. The van der Waals surface area contributed by atoms with E-state index < -0.39 is 0 Å². The van der Waals surface area contributed by atoms with Crippen LogP contribution >= 0.6 is 0 Å². The second kappa shape index (κ2) is 7.91. The minimum Gasteiger partial charge on any atom is -0.497 e. The fourth-order valence-corrected chi connectivity index (χ4v) is 4.44. The monoisotopic (exact) mass is 391 g/mol. The van der Waals surface area contributed by atoms with Gasteiger partial charge < -0.3 is 14.6 Å². The highest BCUT2D eigenvalue weighted by Crippen LogP contribution is 2.26. The number of nitrogens with one attached hydrogen (secondary N) is 1. The minimum absolute atomic E-state index is 0.194. The van der Waals surface area contributed by atoms with Crippen molar-refractivity contribution in [2.45, 2.75) is 26.8 Å². The predicted molar refractivity (Wildman–Crippen MR) is 118 cm³/mol. The van der Waals surface area contributed by atoms with Crippen LogP contribution in [0, 0.1) is 13.8 Å². The summed E-state index contributed by atoms with van der Waals surface area (Å²) < 4.78 is 5.36. The number of hydrogen-bond acceptors (Lipinski definition) is 4. The molecule has 1 aromatic heterocycles. The molecule has 4 rings (SSSR count). The Labute approximate surface area is 172 Å². The molecule has 0 bridgehead atoms. The zero-order valence-electron chi connectivity index (χ0n) is 17.7. The molecule has 0 spiro atoms.